The summed E-state index contributed by atoms with van der Waals surface area (Å²) < 4.78 is 26.4. The van der Waals surface area contributed by atoms with Gasteiger partial charge in [-0.2, -0.15) is 0 Å². The van der Waals surface area contributed by atoms with Gasteiger partial charge in [0.15, 0.2) is 5.78 Å². The summed E-state index contributed by atoms with van der Waals surface area (Å²) in [6, 6.07) is 10.1. The maximum Gasteiger partial charge on any atom is 0.244 e. The third-order valence-electron chi connectivity index (χ3n) is 5.83. The fraction of sp³-hybridized carbons (Fsp3) is 0.423. The van der Waals surface area contributed by atoms with Gasteiger partial charge in [-0.1, -0.05) is 61.7 Å². The van der Waals surface area contributed by atoms with Crippen molar-refractivity contribution in [1.29, 1.82) is 0 Å². The van der Waals surface area contributed by atoms with E-state index in [2.05, 4.69) is 5.32 Å². The Bertz CT molecular complexity index is 1220. The van der Waals surface area contributed by atoms with Crippen molar-refractivity contribution >= 4 is 56.5 Å². The lowest BCUT2D eigenvalue weighted by molar-refractivity contribution is -0.140. The van der Waals surface area contributed by atoms with Gasteiger partial charge in [0.2, 0.25) is 21.8 Å². The fourth-order valence-electron chi connectivity index (χ4n) is 3.77. The second kappa shape index (κ2) is 13.8. The Balaban J connectivity index is 2.50. The van der Waals surface area contributed by atoms with Crippen LogP contribution < -0.4 is 9.62 Å². The van der Waals surface area contributed by atoms with Crippen LogP contribution in [0, 0.1) is 0 Å². The summed E-state index contributed by atoms with van der Waals surface area (Å²) in [5.74, 6) is -1.21. The quantitative estimate of drug-likeness (QED) is 0.278. The molecule has 0 saturated carbocycles. The van der Waals surface area contributed by atoms with Crippen molar-refractivity contribution in [3.8, 4) is 0 Å². The molecule has 37 heavy (non-hydrogen) atoms. The molecule has 0 aliphatic heterocycles. The molecule has 0 radical (unpaired) electrons. The van der Waals surface area contributed by atoms with Crippen LogP contribution in [0.25, 0.3) is 0 Å². The number of halogens is 2. The van der Waals surface area contributed by atoms with Crippen LogP contribution in [0.4, 0.5) is 5.69 Å². The van der Waals surface area contributed by atoms with E-state index >= 15 is 0 Å². The minimum Gasteiger partial charge on any atom is -0.354 e. The number of nitrogens with zero attached hydrogens (tertiary/aromatic N) is 2. The molecule has 0 aliphatic carbocycles. The molecule has 2 aromatic rings. The van der Waals surface area contributed by atoms with Crippen molar-refractivity contribution in [2.45, 2.75) is 52.6 Å². The molecule has 0 fully saturated rings. The van der Waals surface area contributed by atoms with E-state index in [0.717, 1.165) is 23.4 Å². The summed E-state index contributed by atoms with van der Waals surface area (Å²) in [7, 11) is -3.93. The Kier molecular flexibility index (Phi) is 11.4. The van der Waals surface area contributed by atoms with Crippen LogP contribution >= 0.6 is 23.2 Å². The topological polar surface area (TPSA) is 104 Å². The van der Waals surface area contributed by atoms with E-state index in [1.54, 1.807) is 37.3 Å². The molecular weight excluding hydrogens is 537 g/mol. The summed E-state index contributed by atoms with van der Waals surface area (Å²) in [5.41, 5.74) is 0.920. The maximum absolute atomic E-state index is 13.7. The molecule has 1 atom stereocenters. The zero-order valence-corrected chi connectivity index (χ0v) is 23.8. The van der Waals surface area contributed by atoms with Crippen molar-refractivity contribution < 1.29 is 22.8 Å². The van der Waals surface area contributed by atoms with E-state index in [1.807, 2.05) is 6.92 Å². The highest BCUT2D eigenvalue weighted by Gasteiger charge is 2.32. The average molecular weight is 571 g/mol. The Hall–Kier alpha value is -2.62. The van der Waals surface area contributed by atoms with Crippen LogP contribution in [0.3, 0.4) is 0 Å². The molecule has 2 amide bonds. The normalized spacial score (nSPS) is 12.1. The molecule has 1 N–H and O–H groups in total. The Morgan fingerprint density at radius 3 is 2.19 bits per heavy atom. The van der Waals surface area contributed by atoms with Crippen molar-refractivity contribution in [2.24, 2.45) is 0 Å². The average Bonchev–Trinajstić information content (AvgIpc) is 2.83. The van der Waals surface area contributed by atoms with Crippen LogP contribution in [0.5, 0.6) is 0 Å². The van der Waals surface area contributed by atoms with Gasteiger partial charge < -0.3 is 10.2 Å². The summed E-state index contributed by atoms with van der Waals surface area (Å²) >= 11 is 12.7. The number of rotatable bonds is 13. The first-order valence-electron chi connectivity index (χ1n) is 12.0. The van der Waals surface area contributed by atoms with E-state index in [9.17, 15) is 22.8 Å². The summed E-state index contributed by atoms with van der Waals surface area (Å²) in [5, 5.41) is 3.49. The van der Waals surface area contributed by atoms with Gasteiger partial charge in [-0.15, -0.1) is 0 Å². The number of hydrogen-bond donors (Lipinski definition) is 1. The summed E-state index contributed by atoms with van der Waals surface area (Å²) in [4.78, 5) is 40.0. The number of carbonyl (C=O) groups excluding carboxylic acids is 3. The van der Waals surface area contributed by atoms with Crippen molar-refractivity contribution in [2.75, 3.05) is 23.7 Å². The van der Waals surface area contributed by atoms with E-state index in [4.69, 9.17) is 23.2 Å². The predicted octanol–water partition coefficient (Wildman–Crippen LogP) is 4.69. The van der Waals surface area contributed by atoms with Crippen LogP contribution in [0.1, 0.15) is 56.0 Å². The molecule has 0 heterocycles. The number of hydrogen-bond acceptors (Lipinski definition) is 5. The van der Waals surface area contributed by atoms with Gasteiger partial charge in [-0.25, -0.2) is 8.42 Å². The smallest absolute Gasteiger partial charge is 0.244 e. The lowest BCUT2D eigenvalue weighted by Crippen LogP contribution is -2.52. The van der Waals surface area contributed by atoms with Gasteiger partial charge in [-0.3, -0.25) is 18.7 Å². The number of carbonyl (C=O) groups is 3. The van der Waals surface area contributed by atoms with E-state index in [-0.39, 0.29) is 30.3 Å². The first kappa shape index (κ1) is 30.6. The number of sulfonamides is 1. The Morgan fingerprint density at radius 1 is 1.03 bits per heavy atom. The molecule has 0 saturated heterocycles. The molecule has 202 valence electrons. The molecule has 0 spiro atoms. The van der Waals surface area contributed by atoms with Gasteiger partial charge in [0, 0.05) is 34.3 Å². The number of anilines is 1. The van der Waals surface area contributed by atoms with Gasteiger partial charge in [-0.05, 0) is 44.0 Å². The third-order valence-corrected chi connectivity index (χ3v) is 7.67. The number of unbranched alkanes of at least 4 members (excludes halogenated alkanes) is 1. The Labute approximate surface area is 229 Å². The molecule has 0 aliphatic rings. The van der Waals surface area contributed by atoms with Crippen LogP contribution in [0.15, 0.2) is 42.5 Å². The number of amides is 2. The molecule has 0 unspecified atom stereocenters. The highest BCUT2D eigenvalue weighted by atomic mass is 35.5. The van der Waals surface area contributed by atoms with Crippen LogP contribution in [0.2, 0.25) is 10.0 Å². The standard InChI is InChI=1S/C26H33Cl2N3O5S/c1-5-7-14-29-26(34)24(6-2)30(16-21-22(27)12-9-13-23(21)28)25(33)17-31(37(4,35)36)20-11-8-10-19(15-20)18(3)32/h8-13,15,24H,5-7,14,16-17H2,1-4H3,(H,29,34)/t24-/m0/s1. The number of Topliss-reactive ketones (excluding diaryl/α,β-unsaturated/α-hetero) is 1. The maximum atomic E-state index is 13.7. The van der Waals surface area contributed by atoms with E-state index < -0.39 is 28.5 Å². The van der Waals surface area contributed by atoms with Gasteiger partial charge in [0.1, 0.15) is 12.6 Å². The summed E-state index contributed by atoms with van der Waals surface area (Å²) in [6.45, 7) is 4.91. The predicted molar refractivity (Wildman–Crippen MR) is 148 cm³/mol. The van der Waals surface area contributed by atoms with Crippen LogP contribution in [-0.2, 0) is 26.2 Å². The first-order chi connectivity index (χ1) is 17.4. The molecule has 11 heteroatoms. The van der Waals surface area contributed by atoms with Crippen molar-refractivity contribution in [3.63, 3.8) is 0 Å². The van der Waals surface area contributed by atoms with Gasteiger partial charge >= 0.3 is 0 Å². The minimum atomic E-state index is -3.93. The van der Waals surface area contributed by atoms with Gasteiger partial charge in [0.05, 0.1) is 11.9 Å². The number of benzene rings is 2. The fourth-order valence-corrected chi connectivity index (χ4v) is 5.13. The molecule has 2 rings (SSSR count). The van der Waals surface area contributed by atoms with Gasteiger partial charge in [0.25, 0.3) is 0 Å². The van der Waals surface area contributed by atoms with Crippen LogP contribution in [-0.4, -0.2) is 56.3 Å². The molecule has 0 aromatic heterocycles. The largest absolute Gasteiger partial charge is 0.354 e. The molecular formula is C26H33Cl2N3O5S. The zero-order chi connectivity index (χ0) is 27.8. The monoisotopic (exact) mass is 569 g/mol. The highest BCUT2D eigenvalue weighted by Crippen LogP contribution is 2.28. The highest BCUT2D eigenvalue weighted by molar-refractivity contribution is 7.92. The zero-order valence-electron chi connectivity index (χ0n) is 21.5. The second-order valence-electron chi connectivity index (χ2n) is 8.67. The lowest BCUT2D eigenvalue weighted by Gasteiger charge is -2.33. The minimum absolute atomic E-state index is 0.0951. The molecule has 0 bridgehead atoms. The van der Waals surface area contributed by atoms with Crippen molar-refractivity contribution in [1.82, 2.24) is 10.2 Å². The van der Waals surface area contributed by atoms with E-state index in [1.165, 1.54) is 24.0 Å². The first-order valence-corrected chi connectivity index (χ1v) is 14.6. The lowest BCUT2D eigenvalue weighted by atomic mass is 10.1. The summed E-state index contributed by atoms with van der Waals surface area (Å²) in [6.07, 6.45) is 2.92. The molecule has 8 nitrogen and oxygen atoms in total. The second-order valence-corrected chi connectivity index (χ2v) is 11.4. The van der Waals surface area contributed by atoms with Crippen molar-refractivity contribution in [3.05, 3.63) is 63.6 Å². The third kappa shape index (κ3) is 8.45. The van der Waals surface area contributed by atoms with E-state index in [0.29, 0.717) is 27.7 Å². The molecule has 2 aromatic carbocycles. The Morgan fingerprint density at radius 2 is 1.65 bits per heavy atom. The number of ketones is 1. The number of nitrogens with one attached hydrogen (secondary N) is 1. The SMILES string of the molecule is CCCCNC(=O)[C@H](CC)N(Cc1c(Cl)cccc1Cl)C(=O)CN(c1cccc(C(C)=O)c1)S(C)(=O)=O.